The van der Waals surface area contributed by atoms with Gasteiger partial charge in [0, 0.05) is 67.0 Å². The summed E-state index contributed by atoms with van der Waals surface area (Å²) in [6.45, 7) is 3.40. The van der Waals surface area contributed by atoms with Gasteiger partial charge in [-0.3, -0.25) is 14.8 Å². The SMILES string of the molecule is NCCc1ccc(-c2cnc(N)c(C(=O)Cc3cnccc3N3CCOCC3)n2)cn1. The van der Waals surface area contributed by atoms with Crippen LogP contribution in [-0.2, 0) is 17.6 Å². The maximum absolute atomic E-state index is 13.1. The van der Waals surface area contributed by atoms with Crippen LogP contribution in [0.3, 0.4) is 0 Å². The van der Waals surface area contributed by atoms with Crippen LogP contribution in [0, 0.1) is 0 Å². The molecule has 160 valence electrons. The van der Waals surface area contributed by atoms with Crippen LogP contribution in [0.4, 0.5) is 11.5 Å². The normalized spacial score (nSPS) is 13.9. The van der Waals surface area contributed by atoms with Crippen molar-refractivity contribution < 1.29 is 9.53 Å². The number of ketones is 1. The molecule has 3 aromatic rings. The lowest BCUT2D eigenvalue weighted by Gasteiger charge is -2.30. The topological polar surface area (TPSA) is 133 Å². The third-order valence-electron chi connectivity index (χ3n) is 5.17. The third kappa shape index (κ3) is 4.84. The van der Waals surface area contributed by atoms with Gasteiger partial charge in [0.05, 0.1) is 25.1 Å². The molecule has 0 atom stereocenters. The number of carbonyl (C=O) groups excluding carboxylic acids is 1. The fourth-order valence-electron chi connectivity index (χ4n) is 3.54. The van der Waals surface area contributed by atoms with Gasteiger partial charge in [-0.2, -0.15) is 0 Å². The van der Waals surface area contributed by atoms with Crippen LogP contribution in [0.1, 0.15) is 21.7 Å². The molecule has 9 heteroatoms. The largest absolute Gasteiger partial charge is 0.382 e. The quantitative estimate of drug-likeness (QED) is 0.543. The standard InChI is InChI=1S/C22H25N7O2/c23-5-3-17-2-1-15(13-26-17)18-14-27-22(24)21(28-18)20(30)11-16-12-25-6-4-19(16)29-7-9-31-10-8-29/h1-2,4,6,12-14H,3,5,7-11,23H2,(H2,24,27). The van der Waals surface area contributed by atoms with E-state index in [0.717, 1.165) is 35.6 Å². The Morgan fingerprint density at radius 1 is 1.10 bits per heavy atom. The van der Waals surface area contributed by atoms with Crippen LogP contribution in [0.5, 0.6) is 0 Å². The molecule has 0 spiro atoms. The first-order valence-corrected chi connectivity index (χ1v) is 10.2. The van der Waals surface area contributed by atoms with Crippen molar-refractivity contribution in [1.82, 2.24) is 19.9 Å². The van der Waals surface area contributed by atoms with E-state index >= 15 is 0 Å². The van der Waals surface area contributed by atoms with E-state index in [0.29, 0.717) is 31.9 Å². The molecule has 31 heavy (non-hydrogen) atoms. The Bertz CT molecular complexity index is 1050. The molecular formula is C22H25N7O2. The maximum atomic E-state index is 13.1. The lowest BCUT2D eigenvalue weighted by molar-refractivity contribution is 0.0988. The van der Waals surface area contributed by atoms with Crippen LogP contribution >= 0.6 is 0 Å². The highest BCUT2D eigenvalue weighted by Crippen LogP contribution is 2.24. The lowest BCUT2D eigenvalue weighted by atomic mass is 10.1. The zero-order valence-corrected chi connectivity index (χ0v) is 17.2. The van der Waals surface area contributed by atoms with Crippen molar-refractivity contribution >= 4 is 17.3 Å². The summed E-state index contributed by atoms with van der Waals surface area (Å²) < 4.78 is 5.43. The molecular weight excluding hydrogens is 394 g/mol. The highest BCUT2D eigenvalue weighted by molar-refractivity contribution is 6.00. The summed E-state index contributed by atoms with van der Waals surface area (Å²) in [5, 5.41) is 0. The number of carbonyl (C=O) groups is 1. The average Bonchev–Trinajstić information content (AvgIpc) is 2.81. The van der Waals surface area contributed by atoms with Crippen molar-refractivity contribution in [3.05, 3.63) is 59.9 Å². The second-order valence-electron chi connectivity index (χ2n) is 7.27. The minimum absolute atomic E-state index is 0.110. The van der Waals surface area contributed by atoms with Crippen molar-refractivity contribution in [3.8, 4) is 11.3 Å². The summed E-state index contributed by atoms with van der Waals surface area (Å²) in [6, 6.07) is 5.71. The smallest absolute Gasteiger partial charge is 0.189 e. The van der Waals surface area contributed by atoms with E-state index in [9.17, 15) is 4.79 Å². The highest BCUT2D eigenvalue weighted by atomic mass is 16.5. The summed E-state index contributed by atoms with van der Waals surface area (Å²) in [7, 11) is 0. The summed E-state index contributed by atoms with van der Waals surface area (Å²) in [5.41, 5.74) is 15.7. The third-order valence-corrected chi connectivity index (χ3v) is 5.17. The van der Waals surface area contributed by atoms with E-state index in [2.05, 4.69) is 24.8 Å². The maximum Gasteiger partial charge on any atom is 0.189 e. The summed E-state index contributed by atoms with van der Waals surface area (Å²) >= 11 is 0. The van der Waals surface area contributed by atoms with Gasteiger partial charge >= 0.3 is 0 Å². The molecule has 0 unspecified atom stereocenters. The molecule has 1 fully saturated rings. The first-order valence-electron chi connectivity index (χ1n) is 10.2. The molecule has 1 aliphatic rings. The average molecular weight is 419 g/mol. The molecule has 0 radical (unpaired) electrons. The first kappa shape index (κ1) is 20.8. The van der Waals surface area contributed by atoms with Gasteiger partial charge in [-0.15, -0.1) is 0 Å². The second kappa shape index (κ2) is 9.59. The van der Waals surface area contributed by atoms with Crippen LogP contribution in [-0.4, -0.2) is 58.6 Å². The molecule has 1 saturated heterocycles. The predicted molar refractivity (Wildman–Crippen MR) is 118 cm³/mol. The van der Waals surface area contributed by atoms with Gasteiger partial charge < -0.3 is 21.1 Å². The Morgan fingerprint density at radius 2 is 1.94 bits per heavy atom. The molecule has 0 amide bonds. The van der Waals surface area contributed by atoms with Crippen molar-refractivity contribution in [2.45, 2.75) is 12.8 Å². The number of hydrogen-bond acceptors (Lipinski definition) is 9. The number of nitrogens with two attached hydrogens (primary N) is 2. The molecule has 4 heterocycles. The van der Waals surface area contributed by atoms with Crippen molar-refractivity contribution in [2.75, 3.05) is 43.5 Å². The minimum Gasteiger partial charge on any atom is -0.382 e. The molecule has 4 N–H and O–H groups in total. The Labute approximate surface area is 180 Å². The number of hydrogen-bond donors (Lipinski definition) is 2. The molecule has 4 rings (SSSR count). The van der Waals surface area contributed by atoms with Crippen LogP contribution in [0.15, 0.2) is 43.0 Å². The van der Waals surface area contributed by atoms with E-state index in [1.807, 2.05) is 18.2 Å². The van der Waals surface area contributed by atoms with E-state index in [1.165, 1.54) is 0 Å². The Morgan fingerprint density at radius 3 is 2.68 bits per heavy atom. The van der Waals surface area contributed by atoms with Gasteiger partial charge in [0.2, 0.25) is 0 Å². The fraction of sp³-hybridized carbons (Fsp3) is 0.318. The molecule has 3 aromatic heterocycles. The van der Waals surface area contributed by atoms with E-state index in [4.69, 9.17) is 16.2 Å². The number of rotatable bonds is 7. The van der Waals surface area contributed by atoms with Gasteiger partial charge in [-0.05, 0) is 24.7 Å². The molecule has 1 aliphatic heterocycles. The molecule has 0 aromatic carbocycles. The van der Waals surface area contributed by atoms with Crippen LogP contribution in [0.25, 0.3) is 11.3 Å². The number of nitrogen functional groups attached to an aromatic ring is 1. The fourth-order valence-corrected chi connectivity index (χ4v) is 3.54. The van der Waals surface area contributed by atoms with Gasteiger partial charge in [-0.25, -0.2) is 9.97 Å². The van der Waals surface area contributed by atoms with E-state index in [-0.39, 0.29) is 23.7 Å². The van der Waals surface area contributed by atoms with Gasteiger partial charge in [0.1, 0.15) is 5.69 Å². The summed E-state index contributed by atoms with van der Waals surface area (Å²) in [6.07, 6.45) is 7.54. The Balaban J connectivity index is 1.57. The number of Topliss-reactive ketones (excluding diaryl/α,β-unsaturated/α-hetero) is 1. The number of anilines is 2. The number of pyridine rings is 2. The zero-order valence-electron chi connectivity index (χ0n) is 17.2. The zero-order chi connectivity index (χ0) is 21.6. The number of morpholine rings is 1. The Kier molecular flexibility index (Phi) is 6.44. The summed E-state index contributed by atoms with van der Waals surface area (Å²) in [4.78, 5) is 32.6. The lowest BCUT2D eigenvalue weighted by Crippen LogP contribution is -2.37. The predicted octanol–water partition coefficient (Wildman–Crippen LogP) is 1.28. The molecule has 0 saturated carbocycles. The van der Waals surface area contributed by atoms with Crippen molar-refractivity contribution in [1.29, 1.82) is 0 Å². The molecule has 9 nitrogen and oxygen atoms in total. The first-order chi connectivity index (χ1) is 15.2. The number of ether oxygens (including phenoxy) is 1. The van der Waals surface area contributed by atoms with Crippen LogP contribution in [0.2, 0.25) is 0 Å². The summed E-state index contributed by atoms with van der Waals surface area (Å²) in [5.74, 6) is -0.0969. The van der Waals surface area contributed by atoms with Crippen LogP contribution < -0.4 is 16.4 Å². The van der Waals surface area contributed by atoms with Crippen molar-refractivity contribution in [3.63, 3.8) is 0 Å². The number of nitrogens with zero attached hydrogens (tertiary/aromatic N) is 5. The molecule has 0 aliphatic carbocycles. The van der Waals surface area contributed by atoms with Gasteiger partial charge in [-0.1, -0.05) is 0 Å². The van der Waals surface area contributed by atoms with Gasteiger partial charge in [0.25, 0.3) is 0 Å². The minimum atomic E-state index is -0.206. The van der Waals surface area contributed by atoms with Crippen molar-refractivity contribution in [2.24, 2.45) is 5.73 Å². The Hall–Kier alpha value is -3.43. The molecule has 0 bridgehead atoms. The van der Waals surface area contributed by atoms with E-state index in [1.54, 1.807) is 24.8 Å². The number of aromatic nitrogens is 4. The second-order valence-corrected chi connectivity index (χ2v) is 7.27. The van der Waals surface area contributed by atoms with E-state index < -0.39 is 0 Å². The monoisotopic (exact) mass is 419 g/mol. The van der Waals surface area contributed by atoms with Gasteiger partial charge in [0.15, 0.2) is 11.6 Å². The highest BCUT2D eigenvalue weighted by Gasteiger charge is 2.20.